The van der Waals surface area contributed by atoms with E-state index >= 15 is 0 Å². The van der Waals surface area contributed by atoms with Crippen molar-refractivity contribution in [3.8, 4) is 11.1 Å². The second-order valence-electron chi connectivity index (χ2n) is 9.49. The predicted molar refractivity (Wildman–Crippen MR) is 149 cm³/mol. The van der Waals surface area contributed by atoms with Crippen LogP contribution in [-0.4, -0.2) is 40.4 Å². The number of benzene rings is 4. The molecule has 1 aliphatic rings. The first-order valence-corrected chi connectivity index (χ1v) is 12.6. The number of aromatic amines is 1. The molecule has 0 spiro atoms. The number of hydrogen-bond acceptors (Lipinski definition) is 4. The number of H-pyrrole nitrogens is 1. The Hall–Kier alpha value is -4.42. The van der Waals surface area contributed by atoms with E-state index in [4.69, 9.17) is 0 Å². The summed E-state index contributed by atoms with van der Waals surface area (Å²) < 4.78 is 0. The number of hydrogen-bond donors (Lipinski definition) is 2. The van der Waals surface area contributed by atoms with Gasteiger partial charge in [-0.15, -0.1) is 0 Å². The molecule has 5 aromatic rings. The smallest absolute Gasteiger partial charge is 0.238 e. The van der Waals surface area contributed by atoms with Crippen molar-refractivity contribution in [2.45, 2.75) is 13.1 Å². The highest BCUT2D eigenvalue weighted by molar-refractivity contribution is 6.02. The van der Waals surface area contributed by atoms with Crippen molar-refractivity contribution < 1.29 is 4.79 Å². The second kappa shape index (κ2) is 10.3. The zero-order chi connectivity index (χ0) is 25.0. The third-order valence-corrected chi connectivity index (χ3v) is 6.95. The normalized spacial score (nSPS) is 13.8. The highest BCUT2D eigenvalue weighted by Gasteiger charge is 2.23. The topological polar surface area (TPSA) is 64.3 Å². The Labute approximate surface area is 216 Å². The van der Waals surface area contributed by atoms with Gasteiger partial charge in [0.05, 0.1) is 25.1 Å². The van der Waals surface area contributed by atoms with Gasteiger partial charge in [-0.2, -0.15) is 0 Å². The van der Waals surface area contributed by atoms with Gasteiger partial charge in [-0.3, -0.25) is 9.69 Å². The quantitative estimate of drug-likeness (QED) is 0.323. The fourth-order valence-electron chi connectivity index (χ4n) is 5.14. The van der Waals surface area contributed by atoms with Crippen LogP contribution in [0.1, 0.15) is 11.3 Å². The monoisotopic (exact) mass is 487 g/mol. The number of aromatic nitrogens is 2. The van der Waals surface area contributed by atoms with Crippen molar-refractivity contribution in [2.75, 3.05) is 29.9 Å². The van der Waals surface area contributed by atoms with E-state index < -0.39 is 0 Å². The van der Waals surface area contributed by atoms with E-state index in [0.29, 0.717) is 13.1 Å². The van der Waals surface area contributed by atoms with E-state index in [0.717, 1.165) is 41.8 Å². The number of carbonyl (C=O) groups excluding carboxylic acids is 1. The molecule has 4 aromatic carbocycles. The molecule has 1 amide bonds. The Kier molecular flexibility index (Phi) is 6.40. The number of rotatable bonds is 6. The second-order valence-corrected chi connectivity index (χ2v) is 9.49. The maximum Gasteiger partial charge on any atom is 0.238 e. The van der Waals surface area contributed by atoms with Gasteiger partial charge in [0.2, 0.25) is 5.91 Å². The summed E-state index contributed by atoms with van der Waals surface area (Å²) >= 11 is 0. The molecular formula is C31H29N5O. The van der Waals surface area contributed by atoms with E-state index in [1.54, 1.807) is 6.33 Å². The summed E-state index contributed by atoms with van der Waals surface area (Å²) in [7, 11) is 0. The van der Waals surface area contributed by atoms with Crippen molar-refractivity contribution in [2.24, 2.45) is 0 Å². The summed E-state index contributed by atoms with van der Waals surface area (Å²) in [6.45, 7) is 3.38. The lowest BCUT2D eigenvalue weighted by Gasteiger charge is -2.24. The van der Waals surface area contributed by atoms with Gasteiger partial charge in [0.1, 0.15) is 0 Å². The van der Waals surface area contributed by atoms with Gasteiger partial charge >= 0.3 is 0 Å². The summed E-state index contributed by atoms with van der Waals surface area (Å²) in [5.41, 5.74) is 6.71. The van der Waals surface area contributed by atoms with Crippen molar-refractivity contribution in [1.82, 2.24) is 14.9 Å². The molecule has 2 heterocycles. The van der Waals surface area contributed by atoms with Crippen LogP contribution in [0.3, 0.4) is 0 Å². The molecule has 1 aromatic heterocycles. The van der Waals surface area contributed by atoms with E-state index in [2.05, 4.69) is 79.7 Å². The Morgan fingerprint density at radius 1 is 0.892 bits per heavy atom. The van der Waals surface area contributed by atoms with Gasteiger partial charge < -0.3 is 15.2 Å². The van der Waals surface area contributed by atoms with Crippen LogP contribution in [0.4, 0.5) is 11.4 Å². The molecule has 0 unspecified atom stereocenters. The maximum atomic E-state index is 13.2. The molecule has 184 valence electrons. The summed E-state index contributed by atoms with van der Waals surface area (Å²) in [5, 5.41) is 5.32. The lowest BCUT2D eigenvalue weighted by Crippen LogP contribution is -2.36. The van der Waals surface area contributed by atoms with Gasteiger partial charge in [-0.05, 0) is 40.3 Å². The van der Waals surface area contributed by atoms with E-state index in [1.807, 2.05) is 42.6 Å². The average Bonchev–Trinajstić information content (AvgIpc) is 3.39. The molecule has 37 heavy (non-hydrogen) atoms. The number of amides is 1. The molecule has 0 fully saturated rings. The third kappa shape index (κ3) is 5.10. The van der Waals surface area contributed by atoms with E-state index in [1.165, 1.54) is 22.4 Å². The molecule has 0 aliphatic carbocycles. The summed E-state index contributed by atoms with van der Waals surface area (Å²) in [5.74, 6) is -0.000801. The highest BCUT2D eigenvalue weighted by Crippen LogP contribution is 2.31. The number of fused-ring (bicyclic) bond motifs is 2. The highest BCUT2D eigenvalue weighted by atomic mass is 16.2. The van der Waals surface area contributed by atoms with Crippen molar-refractivity contribution in [3.05, 3.63) is 115 Å². The molecule has 0 atom stereocenters. The van der Waals surface area contributed by atoms with Crippen LogP contribution in [0.15, 0.2) is 104 Å². The van der Waals surface area contributed by atoms with Crippen molar-refractivity contribution >= 4 is 28.1 Å². The van der Waals surface area contributed by atoms with Gasteiger partial charge in [-0.25, -0.2) is 4.98 Å². The van der Waals surface area contributed by atoms with Gasteiger partial charge in [0.15, 0.2) is 0 Å². The zero-order valence-electron chi connectivity index (χ0n) is 20.6. The van der Waals surface area contributed by atoms with E-state index in [-0.39, 0.29) is 5.91 Å². The summed E-state index contributed by atoms with van der Waals surface area (Å²) in [6, 6.07) is 31.3. The lowest BCUT2D eigenvalue weighted by atomic mass is 10.0. The molecule has 2 N–H and O–H groups in total. The van der Waals surface area contributed by atoms with Crippen LogP contribution in [0.2, 0.25) is 0 Å². The first-order chi connectivity index (χ1) is 18.2. The van der Waals surface area contributed by atoms with Crippen LogP contribution < -0.4 is 10.2 Å². The molecule has 0 radical (unpaired) electrons. The first-order valence-electron chi connectivity index (χ1n) is 12.6. The minimum atomic E-state index is -0.000801. The van der Waals surface area contributed by atoms with Crippen LogP contribution in [0.5, 0.6) is 0 Å². The Bertz CT molecular complexity index is 1510. The number of anilines is 2. The molecule has 0 saturated heterocycles. The molecule has 0 saturated carbocycles. The molecule has 6 rings (SSSR count). The SMILES string of the molecule is O=C(CN1CCN(Cc2cnc[nH]2)c2ccc(-c3ccccc3)cc2C1)Nc1cccc2ccccc12. The van der Waals surface area contributed by atoms with Crippen LogP contribution >= 0.6 is 0 Å². The lowest BCUT2D eigenvalue weighted by molar-refractivity contribution is -0.117. The minimum absolute atomic E-state index is 0.000801. The standard InChI is InChI=1S/C31H29N5O/c37-31(34-29-12-6-10-24-9-4-5-11-28(24)29)21-35-15-16-36(20-27-18-32-22-33-27)30-14-13-25(17-26(30)19-35)23-7-2-1-3-8-23/h1-14,17-18,22H,15-16,19-21H2,(H,32,33)(H,34,37). The summed E-state index contributed by atoms with van der Waals surface area (Å²) in [4.78, 5) is 25.2. The zero-order valence-corrected chi connectivity index (χ0v) is 20.6. The maximum absolute atomic E-state index is 13.2. The number of nitrogens with zero attached hydrogens (tertiary/aromatic N) is 3. The van der Waals surface area contributed by atoms with Crippen LogP contribution in [-0.2, 0) is 17.9 Å². The summed E-state index contributed by atoms with van der Waals surface area (Å²) in [6.07, 6.45) is 3.59. The fraction of sp³-hybridized carbons (Fsp3) is 0.161. The van der Waals surface area contributed by atoms with Gasteiger partial charge in [0, 0.05) is 42.6 Å². The van der Waals surface area contributed by atoms with Crippen LogP contribution in [0, 0.1) is 0 Å². The number of imidazole rings is 1. The number of carbonyl (C=O) groups is 1. The van der Waals surface area contributed by atoms with Crippen LogP contribution in [0.25, 0.3) is 21.9 Å². The third-order valence-electron chi connectivity index (χ3n) is 6.95. The van der Waals surface area contributed by atoms with Gasteiger partial charge in [-0.1, -0.05) is 72.8 Å². The number of nitrogens with one attached hydrogen (secondary N) is 2. The van der Waals surface area contributed by atoms with Crippen molar-refractivity contribution in [3.63, 3.8) is 0 Å². The molecule has 1 aliphatic heterocycles. The molecule has 6 heteroatoms. The minimum Gasteiger partial charge on any atom is -0.364 e. The molecule has 0 bridgehead atoms. The average molecular weight is 488 g/mol. The van der Waals surface area contributed by atoms with Gasteiger partial charge in [0.25, 0.3) is 0 Å². The molecular weight excluding hydrogens is 458 g/mol. The predicted octanol–water partition coefficient (Wildman–Crippen LogP) is 5.69. The molecule has 6 nitrogen and oxygen atoms in total. The Balaban J connectivity index is 1.25. The largest absolute Gasteiger partial charge is 0.364 e. The fourth-order valence-corrected chi connectivity index (χ4v) is 5.14. The van der Waals surface area contributed by atoms with E-state index in [9.17, 15) is 4.79 Å². The Morgan fingerprint density at radius 3 is 2.59 bits per heavy atom. The first kappa shape index (κ1) is 23.0. The van der Waals surface area contributed by atoms with Crippen molar-refractivity contribution in [1.29, 1.82) is 0 Å². The Morgan fingerprint density at radius 2 is 1.73 bits per heavy atom.